The SMILES string of the molecule is O=C(CN1C2CCC1C(C(=O)O)C2)NCc1ccc(COc2ccccc2)cc1. The number of carboxylic acids is 1. The van der Waals surface area contributed by atoms with E-state index in [2.05, 4.69) is 10.2 Å². The molecule has 0 saturated carbocycles. The van der Waals surface area contributed by atoms with Gasteiger partial charge in [-0.3, -0.25) is 14.5 Å². The molecule has 2 fully saturated rings. The number of aliphatic carboxylic acids is 1. The number of benzene rings is 2. The molecule has 0 aromatic heterocycles. The summed E-state index contributed by atoms with van der Waals surface area (Å²) in [6, 6.07) is 17.9. The Morgan fingerprint density at radius 1 is 1.03 bits per heavy atom. The van der Waals surface area contributed by atoms with Crippen LogP contribution in [0.5, 0.6) is 5.75 Å². The quantitative estimate of drug-likeness (QED) is 0.720. The summed E-state index contributed by atoms with van der Waals surface area (Å²) >= 11 is 0. The average Bonchev–Trinajstić information content (AvgIpc) is 3.29. The molecular formula is C23H26N2O4. The third-order valence-corrected chi connectivity index (χ3v) is 5.99. The second kappa shape index (κ2) is 8.66. The van der Waals surface area contributed by atoms with Crippen LogP contribution >= 0.6 is 0 Å². The van der Waals surface area contributed by atoms with E-state index < -0.39 is 5.97 Å². The fraction of sp³-hybridized carbons (Fsp3) is 0.391. The molecule has 0 radical (unpaired) electrons. The lowest BCUT2D eigenvalue weighted by atomic mass is 9.89. The number of amides is 1. The largest absolute Gasteiger partial charge is 0.489 e. The third kappa shape index (κ3) is 4.59. The van der Waals surface area contributed by atoms with Gasteiger partial charge in [0.1, 0.15) is 12.4 Å². The Kier molecular flexibility index (Phi) is 5.81. The van der Waals surface area contributed by atoms with Crippen molar-refractivity contribution in [2.45, 2.75) is 44.5 Å². The van der Waals surface area contributed by atoms with Crippen molar-refractivity contribution in [2.24, 2.45) is 5.92 Å². The molecule has 2 aromatic rings. The molecule has 2 heterocycles. The number of hydrogen-bond acceptors (Lipinski definition) is 4. The predicted molar refractivity (Wildman–Crippen MR) is 108 cm³/mol. The maximum absolute atomic E-state index is 12.4. The minimum atomic E-state index is -0.737. The lowest BCUT2D eigenvalue weighted by Gasteiger charge is -2.22. The van der Waals surface area contributed by atoms with Crippen molar-refractivity contribution in [1.82, 2.24) is 10.2 Å². The molecule has 0 spiro atoms. The first-order valence-corrected chi connectivity index (χ1v) is 10.1. The van der Waals surface area contributed by atoms with Gasteiger partial charge in [-0.05, 0) is 42.5 Å². The number of rotatable bonds is 8. The van der Waals surface area contributed by atoms with Gasteiger partial charge in [0.25, 0.3) is 0 Å². The first-order valence-electron chi connectivity index (χ1n) is 10.1. The topological polar surface area (TPSA) is 78.9 Å². The Balaban J connectivity index is 1.23. The van der Waals surface area contributed by atoms with Crippen LogP contribution in [0.3, 0.4) is 0 Å². The normalized spacial score (nSPS) is 23.1. The molecule has 2 N–H and O–H groups in total. The fourth-order valence-corrected chi connectivity index (χ4v) is 4.47. The van der Waals surface area contributed by atoms with Crippen molar-refractivity contribution in [2.75, 3.05) is 6.54 Å². The molecule has 0 aliphatic carbocycles. The standard InChI is InChI=1S/C23H26N2O4/c26-22(14-25-18-10-11-21(25)20(12-18)23(27)28)24-13-16-6-8-17(9-7-16)15-29-19-4-2-1-3-5-19/h1-9,18,20-21H,10-15H2,(H,24,26)(H,27,28). The highest BCUT2D eigenvalue weighted by molar-refractivity contribution is 5.78. The summed E-state index contributed by atoms with van der Waals surface area (Å²) < 4.78 is 5.74. The lowest BCUT2D eigenvalue weighted by Crippen LogP contribution is -2.41. The Morgan fingerprint density at radius 2 is 1.76 bits per heavy atom. The van der Waals surface area contributed by atoms with Crippen molar-refractivity contribution >= 4 is 11.9 Å². The minimum Gasteiger partial charge on any atom is -0.489 e. The van der Waals surface area contributed by atoms with E-state index >= 15 is 0 Å². The second-order valence-corrected chi connectivity index (χ2v) is 7.85. The fourth-order valence-electron chi connectivity index (χ4n) is 4.47. The summed E-state index contributed by atoms with van der Waals surface area (Å²) in [6.45, 7) is 1.24. The molecule has 29 heavy (non-hydrogen) atoms. The van der Waals surface area contributed by atoms with Crippen LogP contribution in [0.15, 0.2) is 54.6 Å². The summed E-state index contributed by atoms with van der Waals surface area (Å²) in [6.07, 6.45) is 2.54. The van der Waals surface area contributed by atoms with Crippen LogP contribution in [0.25, 0.3) is 0 Å². The summed E-state index contributed by atoms with van der Waals surface area (Å²) in [5, 5.41) is 12.3. The van der Waals surface area contributed by atoms with Gasteiger partial charge in [0, 0.05) is 18.6 Å². The number of carbonyl (C=O) groups excluding carboxylic acids is 1. The van der Waals surface area contributed by atoms with E-state index in [4.69, 9.17) is 4.74 Å². The van der Waals surface area contributed by atoms with Crippen molar-refractivity contribution < 1.29 is 19.4 Å². The molecule has 2 saturated heterocycles. The van der Waals surface area contributed by atoms with E-state index in [9.17, 15) is 14.7 Å². The van der Waals surface area contributed by atoms with Gasteiger partial charge in [0.05, 0.1) is 12.5 Å². The zero-order valence-corrected chi connectivity index (χ0v) is 16.3. The zero-order valence-electron chi connectivity index (χ0n) is 16.3. The Bertz CT molecular complexity index is 853. The van der Waals surface area contributed by atoms with Gasteiger partial charge in [-0.15, -0.1) is 0 Å². The maximum atomic E-state index is 12.4. The van der Waals surface area contributed by atoms with E-state index in [1.165, 1.54) is 0 Å². The molecule has 2 aliphatic heterocycles. The minimum absolute atomic E-state index is 0.00662. The molecule has 2 aliphatic rings. The number of nitrogens with zero attached hydrogens (tertiary/aromatic N) is 1. The lowest BCUT2D eigenvalue weighted by molar-refractivity contribution is -0.143. The highest BCUT2D eigenvalue weighted by atomic mass is 16.5. The van der Waals surface area contributed by atoms with Crippen LogP contribution in [-0.4, -0.2) is 40.5 Å². The molecule has 6 nitrogen and oxygen atoms in total. The van der Waals surface area contributed by atoms with Crippen LogP contribution in [-0.2, 0) is 22.7 Å². The van der Waals surface area contributed by atoms with Gasteiger partial charge in [0.15, 0.2) is 0 Å². The van der Waals surface area contributed by atoms with Gasteiger partial charge in [-0.1, -0.05) is 42.5 Å². The van der Waals surface area contributed by atoms with Crippen LogP contribution in [0.1, 0.15) is 30.4 Å². The van der Waals surface area contributed by atoms with Crippen molar-refractivity contribution in [3.63, 3.8) is 0 Å². The van der Waals surface area contributed by atoms with Crippen LogP contribution < -0.4 is 10.1 Å². The molecular weight excluding hydrogens is 368 g/mol. The van der Waals surface area contributed by atoms with Gasteiger partial charge < -0.3 is 15.2 Å². The number of fused-ring (bicyclic) bond motifs is 2. The number of hydrogen-bond donors (Lipinski definition) is 2. The molecule has 1 amide bonds. The van der Waals surface area contributed by atoms with E-state index in [0.29, 0.717) is 19.6 Å². The second-order valence-electron chi connectivity index (χ2n) is 7.85. The smallest absolute Gasteiger partial charge is 0.308 e. The Morgan fingerprint density at radius 3 is 2.45 bits per heavy atom. The molecule has 3 atom stereocenters. The number of ether oxygens (including phenoxy) is 1. The highest BCUT2D eigenvalue weighted by Crippen LogP contribution is 2.41. The number of carboxylic acid groups (broad SMARTS) is 1. The van der Waals surface area contributed by atoms with E-state index in [-0.39, 0.29) is 30.5 Å². The average molecular weight is 394 g/mol. The molecule has 2 bridgehead atoms. The Hall–Kier alpha value is -2.86. The first kappa shape index (κ1) is 19.5. The van der Waals surface area contributed by atoms with Crippen molar-refractivity contribution in [3.05, 3.63) is 65.7 Å². The summed E-state index contributed by atoms with van der Waals surface area (Å²) in [5.41, 5.74) is 2.09. The van der Waals surface area contributed by atoms with Gasteiger partial charge in [-0.25, -0.2) is 0 Å². The molecule has 6 heteroatoms. The first-order chi connectivity index (χ1) is 14.1. The highest BCUT2D eigenvalue weighted by Gasteiger charge is 2.49. The molecule has 2 aromatic carbocycles. The van der Waals surface area contributed by atoms with E-state index in [1.807, 2.05) is 54.6 Å². The number of nitrogens with one attached hydrogen (secondary N) is 1. The Labute approximate surface area is 170 Å². The maximum Gasteiger partial charge on any atom is 0.308 e. The van der Waals surface area contributed by atoms with Crippen molar-refractivity contribution in [1.29, 1.82) is 0 Å². The zero-order chi connectivity index (χ0) is 20.2. The van der Waals surface area contributed by atoms with Crippen LogP contribution in [0.2, 0.25) is 0 Å². The monoisotopic (exact) mass is 394 g/mol. The summed E-state index contributed by atoms with van der Waals surface area (Å²) in [5.74, 6) is -0.277. The molecule has 3 unspecified atom stereocenters. The van der Waals surface area contributed by atoms with Crippen LogP contribution in [0, 0.1) is 5.92 Å². The molecule has 152 valence electrons. The number of para-hydroxylation sites is 1. The van der Waals surface area contributed by atoms with Gasteiger partial charge in [0.2, 0.25) is 5.91 Å². The third-order valence-electron chi connectivity index (χ3n) is 5.99. The van der Waals surface area contributed by atoms with Gasteiger partial charge in [-0.2, -0.15) is 0 Å². The molecule has 4 rings (SSSR count). The van der Waals surface area contributed by atoms with E-state index in [0.717, 1.165) is 29.7 Å². The summed E-state index contributed by atoms with van der Waals surface area (Å²) in [4.78, 5) is 25.8. The predicted octanol–water partition coefficient (Wildman–Crippen LogP) is 2.82. The van der Waals surface area contributed by atoms with Crippen LogP contribution in [0.4, 0.5) is 0 Å². The van der Waals surface area contributed by atoms with Crippen molar-refractivity contribution in [3.8, 4) is 5.75 Å². The number of carbonyl (C=O) groups is 2. The summed E-state index contributed by atoms with van der Waals surface area (Å²) in [7, 11) is 0. The van der Waals surface area contributed by atoms with E-state index in [1.54, 1.807) is 0 Å². The van der Waals surface area contributed by atoms with Gasteiger partial charge >= 0.3 is 5.97 Å².